The van der Waals surface area contributed by atoms with Gasteiger partial charge in [0, 0.05) is 0 Å². The molecule has 4 aromatic rings. The maximum Gasteiger partial charge on any atom is 0.200 e. The maximum absolute atomic E-state index is 13.7. The predicted molar refractivity (Wildman–Crippen MR) is 114 cm³/mol. The Hall–Kier alpha value is -4.42. The van der Waals surface area contributed by atoms with Crippen molar-refractivity contribution < 1.29 is 58.1 Å². The van der Waals surface area contributed by atoms with Crippen molar-refractivity contribution in [2.75, 3.05) is 0 Å². The molecule has 204 valence electrons. The molecule has 0 spiro atoms. The molecular formula is C26H12F10O3. The zero-order chi connectivity index (χ0) is 28.4. The second-order valence-corrected chi connectivity index (χ2v) is 7.72. The number of benzene rings is 4. The molecule has 39 heavy (non-hydrogen) atoms. The van der Waals surface area contributed by atoms with Gasteiger partial charge >= 0.3 is 0 Å². The highest BCUT2D eigenvalue weighted by Crippen LogP contribution is 2.29. The van der Waals surface area contributed by atoms with Gasteiger partial charge in [-0.2, -0.15) is 0 Å². The summed E-state index contributed by atoms with van der Waals surface area (Å²) in [5.41, 5.74) is -2.29. The van der Waals surface area contributed by atoms with E-state index in [9.17, 15) is 43.9 Å². The predicted octanol–water partition coefficient (Wildman–Crippen LogP) is 8.03. The van der Waals surface area contributed by atoms with E-state index in [2.05, 4.69) is 0 Å². The molecule has 0 unspecified atom stereocenters. The van der Waals surface area contributed by atoms with Crippen molar-refractivity contribution in [1.82, 2.24) is 0 Å². The molecule has 0 aliphatic heterocycles. The van der Waals surface area contributed by atoms with Gasteiger partial charge in [-0.3, -0.25) is 0 Å². The summed E-state index contributed by atoms with van der Waals surface area (Å²) in [6.45, 7) is -1.89. The lowest BCUT2D eigenvalue weighted by Crippen LogP contribution is -2.09. The number of hydrogen-bond acceptors (Lipinski definition) is 3. The highest BCUT2D eigenvalue weighted by atomic mass is 19.2. The van der Waals surface area contributed by atoms with E-state index in [0.717, 1.165) is 0 Å². The second-order valence-electron chi connectivity index (χ2n) is 7.72. The minimum Gasteiger partial charge on any atom is -0.489 e. The molecule has 0 aromatic heterocycles. The van der Waals surface area contributed by atoms with Crippen LogP contribution in [0.15, 0.2) is 48.5 Å². The minimum atomic E-state index is -2.28. The summed E-state index contributed by atoms with van der Waals surface area (Å²) in [7, 11) is 0. The minimum absolute atomic E-state index is 0.0168. The molecule has 0 atom stereocenters. The summed E-state index contributed by atoms with van der Waals surface area (Å²) in [6.07, 6.45) is 0. The molecule has 0 aliphatic rings. The Morgan fingerprint density at radius 2 is 0.564 bits per heavy atom. The first-order valence-corrected chi connectivity index (χ1v) is 10.6. The van der Waals surface area contributed by atoms with Crippen LogP contribution in [0.3, 0.4) is 0 Å². The molecule has 0 N–H and O–H groups in total. The van der Waals surface area contributed by atoms with Crippen LogP contribution in [0, 0.1) is 58.2 Å². The molecule has 0 bridgehead atoms. The van der Waals surface area contributed by atoms with Crippen molar-refractivity contribution in [2.24, 2.45) is 0 Å². The van der Waals surface area contributed by atoms with Crippen LogP contribution < -0.4 is 14.2 Å². The van der Waals surface area contributed by atoms with Crippen LogP contribution in [0.5, 0.6) is 23.0 Å². The van der Waals surface area contributed by atoms with Crippen LogP contribution >= 0.6 is 0 Å². The quantitative estimate of drug-likeness (QED) is 0.124. The summed E-state index contributed by atoms with van der Waals surface area (Å²) >= 11 is 0. The van der Waals surface area contributed by atoms with E-state index in [1.54, 1.807) is 0 Å². The lowest BCUT2D eigenvalue weighted by molar-refractivity contribution is 0.279. The first kappa shape index (κ1) is 27.6. The fourth-order valence-electron chi connectivity index (χ4n) is 3.21. The Bertz CT molecular complexity index is 1350. The summed E-state index contributed by atoms with van der Waals surface area (Å²) < 4.78 is 150. The Labute approximate surface area is 212 Å². The van der Waals surface area contributed by atoms with Crippen molar-refractivity contribution in [3.05, 3.63) is 118 Å². The zero-order valence-corrected chi connectivity index (χ0v) is 19.0. The van der Waals surface area contributed by atoms with Gasteiger partial charge in [-0.25, -0.2) is 43.9 Å². The number of halogens is 10. The smallest absolute Gasteiger partial charge is 0.200 e. The molecule has 4 aromatic carbocycles. The molecule has 0 heterocycles. The Balaban J connectivity index is 1.36. The van der Waals surface area contributed by atoms with Crippen LogP contribution in [-0.2, 0) is 13.2 Å². The summed E-state index contributed by atoms with van der Waals surface area (Å²) in [4.78, 5) is 0. The second kappa shape index (κ2) is 11.1. The largest absolute Gasteiger partial charge is 0.489 e. The van der Waals surface area contributed by atoms with Gasteiger partial charge in [0.15, 0.2) is 46.5 Å². The molecule has 0 saturated carbocycles. The molecule has 0 saturated heterocycles. The average Bonchev–Trinajstić information content (AvgIpc) is 2.94. The Kier molecular flexibility index (Phi) is 7.88. The Morgan fingerprint density at radius 3 is 0.846 bits per heavy atom. The standard InChI is InChI=1S/C26H12F10O3/c27-17-15(18(28)22(32)25(35)21(17)31)9-37-11-1-5-13(6-2-11)39-14-7-3-12(4-8-14)38-10-16-19(29)23(33)26(36)24(34)20(16)30/h1-8H,9-10H2. The van der Waals surface area contributed by atoms with E-state index in [-0.39, 0.29) is 23.0 Å². The van der Waals surface area contributed by atoms with Gasteiger partial charge in [-0.05, 0) is 48.5 Å². The first-order valence-electron chi connectivity index (χ1n) is 10.6. The van der Waals surface area contributed by atoms with Crippen LogP contribution in [-0.4, -0.2) is 0 Å². The molecule has 0 aliphatic carbocycles. The third-order valence-electron chi connectivity index (χ3n) is 5.25. The van der Waals surface area contributed by atoms with Gasteiger partial charge in [-0.15, -0.1) is 0 Å². The molecule has 0 fully saturated rings. The SMILES string of the molecule is Fc1c(F)c(F)c(COc2ccc(Oc3ccc(OCc4c(F)c(F)c(F)c(F)c4F)cc3)cc2)c(F)c1F. The lowest BCUT2D eigenvalue weighted by atomic mass is 10.2. The number of hydrogen-bond donors (Lipinski definition) is 0. The van der Waals surface area contributed by atoms with Gasteiger partial charge < -0.3 is 14.2 Å². The molecule has 0 amide bonds. The van der Waals surface area contributed by atoms with E-state index in [1.165, 1.54) is 48.5 Å². The van der Waals surface area contributed by atoms with Crippen molar-refractivity contribution in [3.63, 3.8) is 0 Å². The van der Waals surface area contributed by atoms with Gasteiger partial charge in [-0.1, -0.05) is 0 Å². The van der Waals surface area contributed by atoms with Crippen molar-refractivity contribution in [1.29, 1.82) is 0 Å². The molecule has 3 nitrogen and oxygen atoms in total. The van der Waals surface area contributed by atoms with E-state index in [1.807, 2.05) is 0 Å². The van der Waals surface area contributed by atoms with Crippen LogP contribution in [0.4, 0.5) is 43.9 Å². The Morgan fingerprint density at radius 1 is 0.333 bits per heavy atom. The van der Waals surface area contributed by atoms with Crippen molar-refractivity contribution >= 4 is 0 Å². The highest BCUT2D eigenvalue weighted by Gasteiger charge is 2.27. The number of ether oxygens (including phenoxy) is 3. The molecule has 13 heteroatoms. The monoisotopic (exact) mass is 562 g/mol. The molecular weight excluding hydrogens is 550 g/mol. The topological polar surface area (TPSA) is 27.7 Å². The van der Waals surface area contributed by atoms with Crippen molar-refractivity contribution in [2.45, 2.75) is 13.2 Å². The molecule has 0 radical (unpaired) electrons. The lowest BCUT2D eigenvalue weighted by Gasteiger charge is -2.12. The third kappa shape index (κ3) is 5.56. The highest BCUT2D eigenvalue weighted by molar-refractivity contribution is 5.38. The molecule has 4 rings (SSSR count). The van der Waals surface area contributed by atoms with Crippen LogP contribution in [0.1, 0.15) is 11.1 Å². The van der Waals surface area contributed by atoms with E-state index in [4.69, 9.17) is 14.2 Å². The van der Waals surface area contributed by atoms with Gasteiger partial charge in [0.25, 0.3) is 0 Å². The van der Waals surface area contributed by atoms with E-state index in [0.29, 0.717) is 0 Å². The van der Waals surface area contributed by atoms with Crippen LogP contribution in [0.25, 0.3) is 0 Å². The normalized spacial score (nSPS) is 11.0. The maximum atomic E-state index is 13.7. The van der Waals surface area contributed by atoms with Crippen LogP contribution in [0.2, 0.25) is 0 Å². The van der Waals surface area contributed by atoms with Gasteiger partial charge in [0.2, 0.25) is 11.6 Å². The average molecular weight is 562 g/mol. The van der Waals surface area contributed by atoms with E-state index < -0.39 is 82.5 Å². The van der Waals surface area contributed by atoms with Gasteiger partial charge in [0.05, 0.1) is 11.1 Å². The van der Waals surface area contributed by atoms with E-state index >= 15 is 0 Å². The summed E-state index contributed by atoms with van der Waals surface area (Å²) in [5.74, 6) is -20.5. The third-order valence-corrected chi connectivity index (χ3v) is 5.25. The summed E-state index contributed by atoms with van der Waals surface area (Å²) in [6, 6.07) is 10.6. The van der Waals surface area contributed by atoms with Gasteiger partial charge in [0.1, 0.15) is 36.2 Å². The zero-order valence-electron chi connectivity index (χ0n) is 19.0. The fraction of sp³-hybridized carbons (Fsp3) is 0.0769. The van der Waals surface area contributed by atoms with Crippen molar-refractivity contribution in [3.8, 4) is 23.0 Å². The fourth-order valence-corrected chi connectivity index (χ4v) is 3.21. The first-order chi connectivity index (χ1) is 18.5. The summed E-state index contributed by atoms with van der Waals surface area (Å²) in [5, 5.41) is 0. The number of rotatable bonds is 8.